The Morgan fingerprint density at radius 2 is 2.38 bits per heavy atom. The summed E-state index contributed by atoms with van der Waals surface area (Å²) in [6.45, 7) is 1.98. The molecule has 0 unspecified atom stereocenters. The number of rotatable bonds is 3. The maximum Gasteiger partial charge on any atom is 0.152 e. The molecule has 1 aliphatic carbocycles. The van der Waals surface area contributed by atoms with Crippen LogP contribution in [0.1, 0.15) is 18.5 Å². The Bertz CT molecular complexity index is 530. The van der Waals surface area contributed by atoms with Gasteiger partial charge in [0.25, 0.3) is 0 Å². The summed E-state index contributed by atoms with van der Waals surface area (Å²) in [4.78, 5) is 4.36. The number of aryl methyl sites for hydroxylation is 1. The molecule has 1 aliphatic rings. The molecule has 4 nitrogen and oxygen atoms in total. The van der Waals surface area contributed by atoms with Crippen molar-refractivity contribution in [2.45, 2.75) is 25.3 Å². The van der Waals surface area contributed by atoms with Gasteiger partial charge < -0.3 is 5.32 Å². The van der Waals surface area contributed by atoms with Crippen LogP contribution in [0.15, 0.2) is 18.5 Å². The molecule has 0 aliphatic heterocycles. The first-order valence-electron chi connectivity index (χ1n) is 5.38. The molecule has 16 heavy (non-hydrogen) atoms. The van der Waals surface area contributed by atoms with E-state index in [4.69, 9.17) is 11.6 Å². The first kappa shape index (κ1) is 9.90. The molecule has 0 aromatic carbocycles. The third-order valence-corrected chi connectivity index (χ3v) is 3.52. The van der Waals surface area contributed by atoms with Crippen molar-refractivity contribution in [3.05, 3.63) is 24.2 Å². The van der Waals surface area contributed by atoms with E-state index < -0.39 is 0 Å². The SMILES string of the molecule is Cc1cc2c(NC3(CCl)CC3)nccn2n1. The van der Waals surface area contributed by atoms with Gasteiger partial charge in [-0.15, -0.1) is 11.6 Å². The lowest BCUT2D eigenvalue weighted by Crippen LogP contribution is -2.24. The second-order valence-electron chi connectivity index (χ2n) is 4.43. The average Bonchev–Trinajstić information content (AvgIpc) is 2.93. The van der Waals surface area contributed by atoms with Gasteiger partial charge >= 0.3 is 0 Å². The second-order valence-corrected chi connectivity index (χ2v) is 4.70. The summed E-state index contributed by atoms with van der Waals surface area (Å²) < 4.78 is 1.84. The fourth-order valence-corrected chi connectivity index (χ4v) is 2.17. The van der Waals surface area contributed by atoms with E-state index in [-0.39, 0.29) is 5.54 Å². The Morgan fingerprint density at radius 3 is 3.06 bits per heavy atom. The highest BCUT2D eigenvalue weighted by atomic mass is 35.5. The smallest absolute Gasteiger partial charge is 0.152 e. The molecule has 3 rings (SSSR count). The maximum absolute atomic E-state index is 5.95. The molecule has 0 atom stereocenters. The Morgan fingerprint density at radius 1 is 1.56 bits per heavy atom. The van der Waals surface area contributed by atoms with Crippen molar-refractivity contribution in [2.24, 2.45) is 0 Å². The van der Waals surface area contributed by atoms with Crippen LogP contribution in [0, 0.1) is 6.92 Å². The molecule has 84 valence electrons. The number of fused-ring (bicyclic) bond motifs is 1. The van der Waals surface area contributed by atoms with Crippen LogP contribution in [0.2, 0.25) is 0 Å². The number of anilines is 1. The number of nitrogens with zero attached hydrogens (tertiary/aromatic N) is 3. The van der Waals surface area contributed by atoms with Crippen LogP contribution >= 0.6 is 11.6 Å². The number of nitrogens with one attached hydrogen (secondary N) is 1. The van der Waals surface area contributed by atoms with E-state index in [2.05, 4.69) is 15.4 Å². The van der Waals surface area contributed by atoms with E-state index in [0.29, 0.717) is 5.88 Å². The van der Waals surface area contributed by atoms with E-state index in [9.17, 15) is 0 Å². The molecule has 5 heteroatoms. The molecule has 0 radical (unpaired) electrons. The minimum absolute atomic E-state index is 0.0641. The molecule has 1 N–H and O–H groups in total. The molecule has 0 amide bonds. The van der Waals surface area contributed by atoms with Crippen molar-refractivity contribution in [1.29, 1.82) is 0 Å². The average molecular weight is 237 g/mol. The van der Waals surface area contributed by atoms with Gasteiger partial charge in [0.2, 0.25) is 0 Å². The van der Waals surface area contributed by atoms with Crippen molar-refractivity contribution in [2.75, 3.05) is 11.2 Å². The predicted octanol–water partition coefficient (Wildman–Crippen LogP) is 2.22. The number of halogens is 1. The standard InChI is InChI=1S/C11H13ClN4/c1-8-6-9-10(13-4-5-16(9)15-8)14-11(7-12)2-3-11/h4-6H,2-3,7H2,1H3,(H,13,14). The Hall–Kier alpha value is -1.29. The van der Waals surface area contributed by atoms with E-state index in [1.807, 2.05) is 23.7 Å². The summed E-state index contributed by atoms with van der Waals surface area (Å²) in [6.07, 6.45) is 5.85. The van der Waals surface area contributed by atoms with Gasteiger partial charge in [0.15, 0.2) is 5.82 Å². The van der Waals surface area contributed by atoms with Crippen LogP contribution in [0.5, 0.6) is 0 Å². The van der Waals surface area contributed by atoms with Crippen molar-refractivity contribution < 1.29 is 0 Å². The Kier molecular flexibility index (Phi) is 2.07. The lowest BCUT2D eigenvalue weighted by Gasteiger charge is -2.14. The highest BCUT2D eigenvalue weighted by Crippen LogP contribution is 2.40. The highest BCUT2D eigenvalue weighted by Gasteiger charge is 2.42. The summed E-state index contributed by atoms with van der Waals surface area (Å²) in [5.74, 6) is 1.50. The van der Waals surface area contributed by atoms with Crippen LogP contribution in [-0.2, 0) is 0 Å². The normalized spacial score (nSPS) is 17.6. The zero-order valence-electron chi connectivity index (χ0n) is 9.07. The van der Waals surface area contributed by atoms with Gasteiger partial charge in [0.05, 0.1) is 11.2 Å². The number of hydrogen-bond acceptors (Lipinski definition) is 3. The molecule has 2 aromatic heterocycles. The van der Waals surface area contributed by atoms with E-state index in [1.165, 1.54) is 0 Å². The molecular weight excluding hydrogens is 224 g/mol. The van der Waals surface area contributed by atoms with Gasteiger partial charge in [-0.2, -0.15) is 5.10 Å². The van der Waals surface area contributed by atoms with Crippen LogP contribution in [0.3, 0.4) is 0 Å². The summed E-state index contributed by atoms with van der Waals surface area (Å²) in [5.41, 5.74) is 2.07. The van der Waals surface area contributed by atoms with E-state index >= 15 is 0 Å². The van der Waals surface area contributed by atoms with Crippen molar-refractivity contribution in [3.8, 4) is 0 Å². The molecule has 0 saturated heterocycles. The van der Waals surface area contributed by atoms with Gasteiger partial charge in [-0.1, -0.05) is 0 Å². The minimum atomic E-state index is 0.0641. The van der Waals surface area contributed by atoms with Crippen LogP contribution < -0.4 is 5.32 Å². The Labute approximate surface area is 98.6 Å². The topological polar surface area (TPSA) is 42.2 Å². The minimum Gasteiger partial charge on any atom is -0.362 e. The number of aromatic nitrogens is 3. The van der Waals surface area contributed by atoms with E-state index in [1.54, 1.807) is 6.20 Å². The molecule has 1 saturated carbocycles. The summed E-state index contributed by atoms with van der Waals surface area (Å²) in [6, 6.07) is 2.03. The molecule has 0 spiro atoms. The molecule has 0 bridgehead atoms. The third kappa shape index (κ3) is 1.53. The summed E-state index contributed by atoms with van der Waals surface area (Å²) in [5, 5.41) is 7.79. The number of alkyl halides is 1. The molecule has 2 aromatic rings. The first-order valence-corrected chi connectivity index (χ1v) is 5.91. The van der Waals surface area contributed by atoms with Crippen LogP contribution in [-0.4, -0.2) is 26.0 Å². The lowest BCUT2D eigenvalue weighted by atomic mass is 10.3. The van der Waals surface area contributed by atoms with Crippen LogP contribution in [0.25, 0.3) is 5.52 Å². The van der Waals surface area contributed by atoms with Crippen molar-refractivity contribution in [3.63, 3.8) is 0 Å². The van der Waals surface area contributed by atoms with Gasteiger partial charge in [-0.3, -0.25) is 0 Å². The van der Waals surface area contributed by atoms with Gasteiger partial charge in [-0.25, -0.2) is 9.50 Å². The predicted molar refractivity (Wildman–Crippen MR) is 64.0 cm³/mol. The monoisotopic (exact) mass is 236 g/mol. The molecular formula is C11H13ClN4. The second kappa shape index (κ2) is 3.35. The fraction of sp³-hybridized carbons (Fsp3) is 0.455. The zero-order valence-corrected chi connectivity index (χ0v) is 9.83. The lowest BCUT2D eigenvalue weighted by molar-refractivity contribution is 0.825. The molecule has 2 heterocycles. The van der Waals surface area contributed by atoms with Crippen molar-refractivity contribution >= 4 is 22.9 Å². The maximum atomic E-state index is 5.95. The van der Waals surface area contributed by atoms with Crippen molar-refractivity contribution in [1.82, 2.24) is 14.6 Å². The summed E-state index contributed by atoms with van der Waals surface area (Å²) in [7, 11) is 0. The number of hydrogen-bond donors (Lipinski definition) is 1. The van der Waals surface area contributed by atoms with Crippen LogP contribution in [0.4, 0.5) is 5.82 Å². The first-order chi connectivity index (χ1) is 7.72. The summed E-state index contributed by atoms with van der Waals surface area (Å²) >= 11 is 5.95. The Balaban J connectivity index is 2.02. The fourth-order valence-electron chi connectivity index (χ4n) is 1.83. The largest absolute Gasteiger partial charge is 0.362 e. The zero-order chi connectivity index (χ0) is 11.2. The van der Waals surface area contributed by atoms with Gasteiger partial charge in [0.1, 0.15) is 5.52 Å². The van der Waals surface area contributed by atoms with Gasteiger partial charge in [-0.05, 0) is 25.8 Å². The molecule has 1 fully saturated rings. The third-order valence-electron chi connectivity index (χ3n) is 3.00. The quantitative estimate of drug-likeness (QED) is 0.831. The highest BCUT2D eigenvalue weighted by molar-refractivity contribution is 6.19. The van der Waals surface area contributed by atoms with Gasteiger partial charge in [0, 0.05) is 18.3 Å². The van der Waals surface area contributed by atoms with E-state index in [0.717, 1.165) is 29.9 Å².